The molecule has 0 N–H and O–H groups in total. The van der Waals surface area contributed by atoms with Gasteiger partial charge in [0.1, 0.15) is 0 Å². The van der Waals surface area contributed by atoms with E-state index in [1.54, 1.807) is 0 Å². The maximum Gasteiger partial charge on any atom is 0.0636 e. The zero-order valence-corrected chi connectivity index (χ0v) is 28.2. The van der Waals surface area contributed by atoms with Gasteiger partial charge in [-0.3, -0.25) is 9.98 Å². The van der Waals surface area contributed by atoms with Crippen LogP contribution in [0.5, 0.6) is 0 Å². The molecule has 0 atom stereocenters. The van der Waals surface area contributed by atoms with E-state index < -0.39 is 0 Å². The maximum absolute atomic E-state index is 5.19. The Morgan fingerprint density at radius 1 is 0.537 bits per heavy atom. The van der Waals surface area contributed by atoms with E-state index >= 15 is 0 Å². The molecule has 0 bridgehead atoms. The van der Waals surface area contributed by atoms with Gasteiger partial charge in [-0.05, 0) is 111 Å². The van der Waals surface area contributed by atoms with Crippen LogP contribution in [0.2, 0.25) is 0 Å². The van der Waals surface area contributed by atoms with E-state index in [2.05, 4.69) is 77.2 Å². The van der Waals surface area contributed by atoms with Crippen molar-refractivity contribution in [2.75, 3.05) is 0 Å². The first-order chi connectivity index (χ1) is 19.6. The van der Waals surface area contributed by atoms with Gasteiger partial charge in [-0.15, -0.1) is 0 Å². The third-order valence-corrected chi connectivity index (χ3v) is 7.89. The van der Waals surface area contributed by atoms with Crippen molar-refractivity contribution >= 4 is 23.3 Å². The fraction of sp³-hybridized carbons (Fsp3) is 0.632. The van der Waals surface area contributed by atoms with Gasteiger partial charge in [-0.1, -0.05) is 105 Å². The van der Waals surface area contributed by atoms with Gasteiger partial charge in [0.05, 0.1) is 17.1 Å². The largest absolute Gasteiger partial charge is 0.255 e. The van der Waals surface area contributed by atoms with Crippen LogP contribution in [-0.4, -0.2) is 11.9 Å². The molecule has 0 radical (unpaired) electrons. The zero-order valence-electron chi connectivity index (χ0n) is 27.2. The van der Waals surface area contributed by atoms with E-state index in [1.165, 1.54) is 119 Å². The van der Waals surface area contributed by atoms with Crippen LogP contribution in [0.4, 0.5) is 11.4 Å². The van der Waals surface area contributed by atoms with Crippen LogP contribution in [0.15, 0.2) is 46.4 Å². The van der Waals surface area contributed by atoms with Gasteiger partial charge < -0.3 is 0 Å². The number of aryl methyl sites for hydroxylation is 4. The average Bonchev–Trinajstić information content (AvgIpc) is 2.96. The topological polar surface area (TPSA) is 24.7 Å². The summed E-state index contributed by atoms with van der Waals surface area (Å²) in [5.41, 5.74) is 9.21. The molecule has 232 valence electrons. The molecular formula is C38H60N2Ni. The van der Waals surface area contributed by atoms with Crippen LogP contribution in [-0.2, 0) is 42.2 Å². The maximum atomic E-state index is 5.19. The first-order valence-electron chi connectivity index (χ1n) is 17.0. The van der Waals surface area contributed by atoms with Crippen molar-refractivity contribution in [2.45, 2.75) is 157 Å². The number of unbranched alkanes of at least 4 members (excludes halogenated alkanes) is 9. The Hall–Kier alpha value is -1.73. The summed E-state index contributed by atoms with van der Waals surface area (Å²) in [6.45, 7) is 11.4. The van der Waals surface area contributed by atoms with Crippen molar-refractivity contribution in [3.63, 3.8) is 0 Å². The van der Waals surface area contributed by atoms with Crippen molar-refractivity contribution in [2.24, 2.45) is 9.98 Å². The molecule has 0 unspecified atom stereocenters. The van der Waals surface area contributed by atoms with Crippen molar-refractivity contribution in [3.05, 3.63) is 58.7 Å². The van der Waals surface area contributed by atoms with Crippen LogP contribution in [0.3, 0.4) is 0 Å². The third kappa shape index (κ3) is 15.9. The van der Waals surface area contributed by atoms with Crippen LogP contribution in [0, 0.1) is 0 Å². The van der Waals surface area contributed by atoms with Crippen molar-refractivity contribution in [1.82, 2.24) is 0 Å². The Balaban J connectivity index is 0.00000840. The minimum Gasteiger partial charge on any atom is -0.255 e. The van der Waals surface area contributed by atoms with Crippen LogP contribution in [0.25, 0.3) is 0 Å². The molecule has 2 aromatic rings. The quantitative estimate of drug-likeness (QED) is 0.0727. The van der Waals surface area contributed by atoms with Crippen LogP contribution >= 0.6 is 0 Å². The zero-order chi connectivity index (χ0) is 28.8. The summed E-state index contributed by atoms with van der Waals surface area (Å²) in [6.07, 6.45) is 25.3. The SMILES string of the molecule is CCCCCCC(/C=N/c1cc(CCCCC)cc(CCCCC)c1)=N\c1ccc(CCCC)c(CCCC)c1.[Ni]. The molecule has 3 heteroatoms. The molecule has 0 aliphatic heterocycles. The molecule has 0 amide bonds. The van der Waals surface area contributed by atoms with Gasteiger partial charge in [0.25, 0.3) is 0 Å². The standard InChI is InChI=1S/C38H60N2.Ni/c1-6-11-16-19-24-37(40-36-26-25-34(22-14-9-4)35(30-36)23-15-10-5)31-39-38-28-32(20-17-12-7-2)27-33(29-38)21-18-13-8-3;/h25-31H,6-24H2,1-5H3;/b39-31+,40-37+;. The third-order valence-electron chi connectivity index (χ3n) is 7.89. The summed E-state index contributed by atoms with van der Waals surface area (Å²) in [6, 6.07) is 14.0. The molecule has 0 aliphatic carbocycles. The average molecular weight is 604 g/mol. The van der Waals surface area contributed by atoms with Gasteiger partial charge in [0.15, 0.2) is 0 Å². The molecule has 0 aliphatic rings. The van der Waals surface area contributed by atoms with Gasteiger partial charge in [-0.25, -0.2) is 0 Å². The Kier molecular flexibility index (Phi) is 21.6. The second-order valence-corrected chi connectivity index (χ2v) is 11.8. The molecule has 2 rings (SSSR count). The van der Waals surface area contributed by atoms with Crippen molar-refractivity contribution < 1.29 is 16.5 Å². The minimum atomic E-state index is 0. The molecule has 0 saturated carbocycles. The predicted octanol–water partition coefficient (Wildman–Crippen LogP) is 12.3. The van der Waals surface area contributed by atoms with E-state index in [9.17, 15) is 0 Å². The second-order valence-electron chi connectivity index (χ2n) is 11.8. The van der Waals surface area contributed by atoms with Crippen molar-refractivity contribution in [1.29, 1.82) is 0 Å². The number of hydrogen-bond donors (Lipinski definition) is 0. The summed E-state index contributed by atoms with van der Waals surface area (Å²) in [4.78, 5) is 10.2. The fourth-order valence-corrected chi connectivity index (χ4v) is 5.35. The van der Waals surface area contributed by atoms with Crippen LogP contribution in [0.1, 0.15) is 153 Å². The van der Waals surface area contributed by atoms with Gasteiger partial charge >= 0.3 is 0 Å². The van der Waals surface area contributed by atoms with Gasteiger partial charge in [-0.2, -0.15) is 0 Å². The van der Waals surface area contributed by atoms with Gasteiger partial charge in [0.2, 0.25) is 0 Å². The number of hydrogen-bond acceptors (Lipinski definition) is 2. The number of rotatable bonds is 22. The summed E-state index contributed by atoms with van der Waals surface area (Å²) in [5, 5.41) is 0. The van der Waals surface area contributed by atoms with Gasteiger partial charge in [0, 0.05) is 22.7 Å². The molecule has 0 fully saturated rings. The van der Waals surface area contributed by atoms with E-state index in [0.29, 0.717) is 0 Å². The van der Waals surface area contributed by atoms with E-state index in [4.69, 9.17) is 9.98 Å². The minimum absolute atomic E-state index is 0. The van der Waals surface area contributed by atoms with E-state index in [1.807, 2.05) is 0 Å². The Morgan fingerprint density at radius 3 is 1.68 bits per heavy atom. The monoisotopic (exact) mass is 602 g/mol. The van der Waals surface area contributed by atoms with Crippen molar-refractivity contribution in [3.8, 4) is 0 Å². The fourth-order valence-electron chi connectivity index (χ4n) is 5.35. The molecular weight excluding hydrogens is 543 g/mol. The Morgan fingerprint density at radius 2 is 1.10 bits per heavy atom. The molecule has 0 saturated heterocycles. The molecule has 2 aromatic carbocycles. The molecule has 0 aromatic heterocycles. The van der Waals surface area contributed by atoms with Crippen LogP contribution < -0.4 is 0 Å². The Bertz CT molecular complexity index is 979. The molecule has 0 spiro atoms. The smallest absolute Gasteiger partial charge is 0.0636 e. The molecule has 41 heavy (non-hydrogen) atoms. The number of nitrogens with zero attached hydrogens (tertiary/aromatic N) is 2. The van der Waals surface area contributed by atoms with E-state index in [0.717, 1.165) is 42.8 Å². The second kappa shape index (κ2) is 23.8. The number of benzene rings is 2. The summed E-state index contributed by atoms with van der Waals surface area (Å²) < 4.78 is 0. The first-order valence-corrected chi connectivity index (χ1v) is 17.0. The predicted molar refractivity (Wildman–Crippen MR) is 181 cm³/mol. The molecule has 2 nitrogen and oxygen atoms in total. The normalized spacial score (nSPS) is 11.8. The molecule has 0 heterocycles. The van der Waals surface area contributed by atoms with E-state index in [-0.39, 0.29) is 16.5 Å². The summed E-state index contributed by atoms with van der Waals surface area (Å²) in [7, 11) is 0. The number of aliphatic imine (C=N–C) groups is 2. The Labute approximate surface area is 264 Å². The summed E-state index contributed by atoms with van der Waals surface area (Å²) >= 11 is 0. The first kappa shape index (κ1) is 37.3. The summed E-state index contributed by atoms with van der Waals surface area (Å²) in [5.74, 6) is 0.